The summed E-state index contributed by atoms with van der Waals surface area (Å²) < 4.78 is 14.0. The highest BCUT2D eigenvalue weighted by molar-refractivity contribution is 14.1. The third kappa shape index (κ3) is 5.58. The fourth-order valence-electron chi connectivity index (χ4n) is 3.62. The highest BCUT2D eigenvalue weighted by Crippen LogP contribution is 2.38. The Morgan fingerprint density at radius 1 is 1.00 bits per heavy atom. The molecule has 0 spiro atoms. The van der Waals surface area contributed by atoms with Crippen molar-refractivity contribution in [2.24, 2.45) is 0 Å². The van der Waals surface area contributed by atoms with Gasteiger partial charge in [0.25, 0.3) is 0 Å². The zero-order chi connectivity index (χ0) is 23.2. The molecule has 4 aromatic carbocycles. The molecule has 0 N–H and O–H groups in total. The number of benzene rings is 4. The topological polar surface area (TPSA) is 42.2 Å². The van der Waals surface area contributed by atoms with E-state index in [1.807, 2.05) is 67.6 Å². The van der Waals surface area contributed by atoms with Crippen molar-refractivity contribution in [2.75, 3.05) is 6.61 Å². The molecule has 0 unspecified atom stereocenters. The van der Waals surface area contributed by atoms with Crippen molar-refractivity contribution in [3.05, 3.63) is 104 Å². The Hall–Kier alpha value is -2.82. The van der Waals surface area contributed by atoms with Gasteiger partial charge in [-0.15, -0.1) is 0 Å². The molecule has 0 aliphatic carbocycles. The number of allylic oxidation sites excluding steroid dienone is 1. The average Bonchev–Trinajstić information content (AvgIpc) is 2.83. The minimum absolute atomic E-state index is 0.418. The Morgan fingerprint density at radius 3 is 2.52 bits per heavy atom. The molecule has 0 amide bonds. The van der Waals surface area contributed by atoms with Crippen LogP contribution in [0.25, 0.3) is 22.4 Å². The van der Waals surface area contributed by atoms with Crippen molar-refractivity contribution in [2.45, 2.75) is 13.5 Å². The Kier molecular flexibility index (Phi) is 7.69. The molecule has 0 bridgehead atoms. The van der Waals surface area contributed by atoms with E-state index in [-0.39, 0.29) is 0 Å². The summed E-state index contributed by atoms with van der Waals surface area (Å²) in [6.45, 7) is 2.87. The quantitative estimate of drug-likeness (QED) is 0.120. The van der Waals surface area contributed by atoms with Crippen LogP contribution in [0.3, 0.4) is 0 Å². The minimum atomic E-state index is 0.418. The molecular weight excluding hydrogens is 589 g/mol. The van der Waals surface area contributed by atoms with E-state index in [9.17, 15) is 5.26 Å². The highest BCUT2D eigenvalue weighted by Gasteiger charge is 2.14. The van der Waals surface area contributed by atoms with Crippen LogP contribution >= 0.6 is 38.5 Å². The average molecular weight is 610 g/mol. The lowest BCUT2D eigenvalue weighted by molar-refractivity contribution is 0.268. The molecular formula is C28H21BrINO2. The van der Waals surface area contributed by atoms with Crippen molar-refractivity contribution in [3.63, 3.8) is 0 Å². The molecule has 0 saturated heterocycles. The summed E-state index contributed by atoms with van der Waals surface area (Å²) in [5, 5.41) is 12.1. The fraction of sp³-hybridized carbons (Fsp3) is 0.107. The van der Waals surface area contributed by atoms with E-state index in [4.69, 9.17) is 9.47 Å². The molecule has 0 aromatic heterocycles. The van der Waals surface area contributed by atoms with E-state index in [2.05, 4.69) is 68.9 Å². The van der Waals surface area contributed by atoms with E-state index in [0.29, 0.717) is 30.3 Å². The van der Waals surface area contributed by atoms with Crippen LogP contribution in [-0.4, -0.2) is 6.61 Å². The minimum Gasteiger partial charge on any atom is -0.490 e. The monoisotopic (exact) mass is 609 g/mol. The molecule has 164 valence electrons. The van der Waals surface area contributed by atoms with Crippen molar-refractivity contribution < 1.29 is 9.47 Å². The zero-order valence-corrected chi connectivity index (χ0v) is 21.8. The molecule has 4 aromatic rings. The number of nitriles is 1. The second kappa shape index (κ2) is 10.9. The van der Waals surface area contributed by atoms with E-state index < -0.39 is 0 Å². The molecule has 0 atom stereocenters. The van der Waals surface area contributed by atoms with Gasteiger partial charge in [0.05, 0.1) is 22.7 Å². The molecule has 0 fully saturated rings. The van der Waals surface area contributed by atoms with Crippen LogP contribution in [0.2, 0.25) is 0 Å². The van der Waals surface area contributed by atoms with Crippen molar-refractivity contribution in [1.82, 2.24) is 0 Å². The van der Waals surface area contributed by atoms with Crippen molar-refractivity contribution >= 4 is 60.9 Å². The zero-order valence-electron chi connectivity index (χ0n) is 18.0. The van der Waals surface area contributed by atoms with Gasteiger partial charge in [-0.2, -0.15) is 5.26 Å². The Morgan fingerprint density at radius 2 is 1.76 bits per heavy atom. The van der Waals surface area contributed by atoms with Crippen LogP contribution in [0.4, 0.5) is 0 Å². The number of halogens is 2. The molecule has 0 aliphatic rings. The first-order chi connectivity index (χ1) is 16.1. The summed E-state index contributed by atoms with van der Waals surface area (Å²) in [6.07, 6.45) is 1.87. The third-order valence-electron chi connectivity index (χ3n) is 5.17. The molecule has 33 heavy (non-hydrogen) atoms. The van der Waals surface area contributed by atoms with Crippen LogP contribution < -0.4 is 9.47 Å². The van der Waals surface area contributed by atoms with Gasteiger partial charge in [0.2, 0.25) is 0 Å². The fourth-order valence-corrected chi connectivity index (χ4v) is 4.55. The summed E-state index contributed by atoms with van der Waals surface area (Å²) in [4.78, 5) is 0. The van der Waals surface area contributed by atoms with Gasteiger partial charge in [-0.25, -0.2) is 0 Å². The van der Waals surface area contributed by atoms with E-state index in [0.717, 1.165) is 24.7 Å². The Bertz CT molecular complexity index is 1350. The lowest BCUT2D eigenvalue weighted by Gasteiger charge is -2.16. The number of ether oxygens (including phenoxy) is 2. The maximum Gasteiger partial charge on any atom is 0.175 e. The molecule has 0 aliphatic heterocycles. The smallest absolute Gasteiger partial charge is 0.175 e. The maximum absolute atomic E-state index is 9.72. The van der Waals surface area contributed by atoms with Gasteiger partial charge in [-0.3, -0.25) is 0 Å². The summed E-state index contributed by atoms with van der Waals surface area (Å²) in [5.41, 5.74) is 3.43. The number of hydrogen-bond donors (Lipinski definition) is 0. The van der Waals surface area contributed by atoms with Crippen LogP contribution in [0.15, 0.2) is 83.3 Å². The third-order valence-corrected chi connectivity index (χ3v) is 6.48. The van der Waals surface area contributed by atoms with Gasteiger partial charge < -0.3 is 9.47 Å². The first-order valence-corrected chi connectivity index (χ1v) is 12.4. The van der Waals surface area contributed by atoms with Gasteiger partial charge in [-0.1, -0.05) is 54.6 Å². The second-order valence-electron chi connectivity index (χ2n) is 7.37. The first kappa shape index (κ1) is 23.3. The van der Waals surface area contributed by atoms with Gasteiger partial charge in [0.15, 0.2) is 11.5 Å². The Labute approximate surface area is 215 Å². The summed E-state index contributed by atoms with van der Waals surface area (Å²) >= 11 is 5.91. The molecule has 5 heteroatoms. The normalized spacial score (nSPS) is 11.3. The SMILES string of the molecule is CCOc1cc(/C=C(/C#N)c2ccc(I)cc2)cc(Br)c1OCc1cccc2ccccc12. The number of fused-ring (bicyclic) bond motifs is 1. The van der Waals surface area contributed by atoms with E-state index in [1.165, 1.54) is 10.8 Å². The molecule has 0 radical (unpaired) electrons. The lowest BCUT2D eigenvalue weighted by atomic mass is 10.0. The summed E-state index contributed by atoms with van der Waals surface area (Å²) in [6, 6.07) is 28.6. The van der Waals surface area contributed by atoms with Crippen LogP contribution in [0.1, 0.15) is 23.6 Å². The molecule has 0 saturated carbocycles. The summed E-state index contributed by atoms with van der Waals surface area (Å²) in [5.74, 6) is 1.29. The molecule has 3 nitrogen and oxygen atoms in total. The standard InChI is InChI=1S/C28H21BrINO2/c1-2-32-27-16-19(14-23(17-31)20-10-12-24(30)13-11-20)15-26(29)28(27)33-18-22-8-5-7-21-6-3-4-9-25(21)22/h3-16H,2,18H2,1H3/b23-14-. The van der Waals surface area contributed by atoms with Crippen molar-refractivity contribution in [3.8, 4) is 17.6 Å². The highest BCUT2D eigenvalue weighted by atomic mass is 127. The molecule has 0 heterocycles. The predicted octanol–water partition coefficient (Wildman–Crippen LogP) is 8.25. The van der Waals surface area contributed by atoms with Gasteiger partial charge in [-0.05, 0) is 103 Å². The number of rotatable bonds is 7. The Balaban J connectivity index is 1.65. The number of nitrogens with zero attached hydrogens (tertiary/aromatic N) is 1. The van der Waals surface area contributed by atoms with Gasteiger partial charge in [0, 0.05) is 3.57 Å². The second-order valence-corrected chi connectivity index (χ2v) is 9.47. The van der Waals surface area contributed by atoms with Crippen LogP contribution in [-0.2, 0) is 6.61 Å². The van der Waals surface area contributed by atoms with Crippen LogP contribution in [0.5, 0.6) is 11.5 Å². The van der Waals surface area contributed by atoms with Crippen LogP contribution in [0, 0.1) is 14.9 Å². The predicted molar refractivity (Wildman–Crippen MR) is 146 cm³/mol. The number of hydrogen-bond acceptors (Lipinski definition) is 3. The molecule has 4 rings (SSSR count). The van der Waals surface area contributed by atoms with E-state index >= 15 is 0 Å². The van der Waals surface area contributed by atoms with Gasteiger partial charge >= 0.3 is 0 Å². The lowest BCUT2D eigenvalue weighted by Crippen LogP contribution is -2.01. The van der Waals surface area contributed by atoms with E-state index in [1.54, 1.807) is 0 Å². The summed E-state index contributed by atoms with van der Waals surface area (Å²) in [7, 11) is 0. The maximum atomic E-state index is 9.72. The first-order valence-electron chi connectivity index (χ1n) is 10.5. The largest absolute Gasteiger partial charge is 0.490 e. The van der Waals surface area contributed by atoms with Gasteiger partial charge in [0.1, 0.15) is 6.61 Å². The van der Waals surface area contributed by atoms with Crippen molar-refractivity contribution in [1.29, 1.82) is 5.26 Å².